The van der Waals surface area contributed by atoms with E-state index in [1.54, 1.807) is 18.4 Å². The van der Waals surface area contributed by atoms with Crippen molar-refractivity contribution >= 4 is 27.4 Å². The smallest absolute Gasteiger partial charge is 0.152 e. The zero-order valence-electron chi connectivity index (χ0n) is 13.1. The van der Waals surface area contributed by atoms with Gasteiger partial charge in [-0.1, -0.05) is 6.92 Å². The molecule has 2 rings (SSSR count). The average molecular weight is 309 g/mol. The molecule has 2 heterocycles. The zero-order chi connectivity index (χ0) is 15.4. The SMILES string of the molecule is CCN(CCOC)Cc1nc(NN)c2c(C)c(C)sc2n1. The number of hydrogen-bond donors (Lipinski definition) is 2. The number of nitrogens with zero attached hydrogens (tertiary/aromatic N) is 3. The van der Waals surface area contributed by atoms with Gasteiger partial charge < -0.3 is 10.2 Å². The Morgan fingerprint density at radius 1 is 1.33 bits per heavy atom. The summed E-state index contributed by atoms with van der Waals surface area (Å²) in [4.78, 5) is 13.7. The maximum Gasteiger partial charge on any atom is 0.152 e. The van der Waals surface area contributed by atoms with Crippen molar-refractivity contribution in [3.05, 3.63) is 16.3 Å². The number of aromatic nitrogens is 2. The molecule has 6 nitrogen and oxygen atoms in total. The van der Waals surface area contributed by atoms with E-state index in [9.17, 15) is 0 Å². The number of rotatable bonds is 7. The van der Waals surface area contributed by atoms with E-state index in [1.165, 1.54) is 10.4 Å². The summed E-state index contributed by atoms with van der Waals surface area (Å²) in [7, 11) is 1.71. The fourth-order valence-electron chi connectivity index (χ4n) is 2.24. The first-order valence-corrected chi connectivity index (χ1v) is 7.86. The topological polar surface area (TPSA) is 76.3 Å². The van der Waals surface area contributed by atoms with E-state index >= 15 is 0 Å². The Balaban J connectivity index is 2.32. The predicted molar refractivity (Wildman–Crippen MR) is 87.5 cm³/mol. The van der Waals surface area contributed by atoms with Crippen LogP contribution in [0.15, 0.2) is 0 Å². The molecule has 0 unspecified atom stereocenters. The van der Waals surface area contributed by atoms with Gasteiger partial charge in [0.15, 0.2) is 5.82 Å². The summed E-state index contributed by atoms with van der Waals surface area (Å²) >= 11 is 1.69. The summed E-state index contributed by atoms with van der Waals surface area (Å²) < 4.78 is 5.13. The number of nitrogens with two attached hydrogens (primary N) is 1. The minimum absolute atomic E-state index is 0.695. The van der Waals surface area contributed by atoms with E-state index in [0.717, 1.165) is 29.1 Å². The fraction of sp³-hybridized carbons (Fsp3) is 0.571. The molecule has 0 spiro atoms. The lowest BCUT2D eigenvalue weighted by molar-refractivity contribution is 0.146. The maximum absolute atomic E-state index is 5.64. The van der Waals surface area contributed by atoms with Gasteiger partial charge in [-0.15, -0.1) is 11.3 Å². The van der Waals surface area contributed by atoms with Crippen molar-refractivity contribution < 1.29 is 4.74 Å². The molecule has 0 bridgehead atoms. The molecule has 0 aromatic carbocycles. The second kappa shape index (κ2) is 7.13. The van der Waals surface area contributed by atoms with E-state index in [1.807, 2.05) is 0 Å². The van der Waals surface area contributed by atoms with Crippen molar-refractivity contribution in [2.24, 2.45) is 5.84 Å². The first kappa shape index (κ1) is 16.1. The van der Waals surface area contributed by atoms with Crippen molar-refractivity contribution in [3.8, 4) is 0 Å². The summed E-state index contributed by atoms with van der Waals surface area (Å²) in [6.45, 7) is 9.49. The van der Waals surface area contributed by atoms with Gasteiger partial charge in [0.2, 0.25) is 0 Å². The van der Waals surface area contributed by atoms with Crippen molar-refractivity contribution in [3.63, 3.8) is 0 Å². The molecule has 3 N–H and O–H groups in total. The van der Waals surface area contributed by atoms with Gasteiger partial charge >= 0.3 is 0 Å². The fourth-order valence-corrected chi connectivity index (χ4v) is 3.29. The number of hydrogen-bond acceptors (Lipinski definition) is 7. The van der Waals surface area contributed by atoms with Gasteiger partial charge in [0.25, 0.3) is 0 Å². The van der Waals surface area contributed by atoms with Crippen molar-refractivity contribution in [1.82, 2.24) is 14.9 Å². The molecule has 0 saturated heterocycles. The van der Waals surface area contributed by atoms with Crippen LogP contribution in [0.3, 0.4) is 0 Å². The van der Waals surface area contributed by atoms with Crippen LogP contribution < -0.4 is 11.3 Å². The zero-order valence-corrected chi connectivity index (χ0v) is 13.9. The minimum Gasteiger partial charge on any atom is -0.383 e. The van der Waals surface area contributed by atoms with Gasteiger partial charge in [-0.3, -0.25) is 4.90 Å². The Morgan fingerprint density at radius 3 is 2.71 bits per heavy atom. The van der Waals surface area contributed by atoms with Crippen LogP contribution in [0, 0.1) is 13.8 Å². The second-order valence-electron chi connectivity index (χ2n) is 4.96. The summed E-state index contributed by atoms with van der Waals surface area (Å²) in [6.07, 6.45) is 0. The van der Waals surface area contributed by atoms with Gasteiger partial charge in [-0.05, 0) is 26.0 Å². The molecule has 116 valence electrons. The van der Waals surface area contributed by atoms with E-state index in [2.05, 4.69) is 36.1 Å². The highest BCUT2D eigenvalue weighted by Crippen LogP contribution is 2.32. The average Bonchev–Trinajstić information content (AvgIpc) is 2.77. The number of nitrogen functional groups attached to an aromatic ring is 1. The third-order valence-electron chi connectivity index (χ3n) is 3.64. The first-order chi connectivity index (χ1) is 10.1. The van der Waals surface area contributed by atoms with Gasteiger partial charge in [0, 0.05) is 18.5 Å². The van der Waals surface area contributed by atoms with Crippen LogP contribution in [0.5, 0.6) is 0 Å². The van der Waals surface area contributed by atoms with Gasteiger partial charge in [-0.2, -0.15) is 0 Å². The van der Waals surface area contributed by atoms with Gasteiger partial charge in [0.05, 0.1) is 18.5 Å². The molecule has 7 heteroatoms. The van der Waals surface area contributed by atoms with Crippen LogP contribution >= 0.6 is 11.3 Å². The largest absolute Gasteiger partial charge is 0.383 e. The highest BCUT2D eigenvalue weighted by molar-refractivity contribution is 7.18. The van der Waals surface area contributed by atoms with E-state index in [-0.39, 0.29) is 0 Å². The molecule has 0 saturated carbocycles. The summed E-state index contributed by atoms with van der Waals surface area (Å²) in [6, 6.07) is 0. The Morgan fingerprint density at radius 2 is 2.10 bits per heavy atom. The summed E-state index contributed by atoms with van der Waals surface area (Å²) in [5.74, 6) is 7.13. The molecule has 2 aromatic heterocycles. The molecular weight excluding hydrogens is 286 g/mol. The molecule has 0 aliphatic rings. The molecule has 0 atom stereocenters. The highest BCUT2D eigenvalue weighted by Gasteiger charge is 2.15. The normalized spacial score (nSPS) is 11.5. The molecular formula is C14H23N5OS. The summed E-state index contributed by atoms with van der Waals surface area (Å²) in [5, 5.41) is 1.03. The molecule has 21 heavy (non-hydrogen) atoms. The third-order valence-corrected chi connectivity index (χ3v) is 4.74. The van der Waals surface area contributed by atoms with Crippen LogP contribution in [0.1, 0.15) is 23.2 Å². The standard InChI is InChI=1S/C14H23N5OS/c1-5-19(6-7-20-4)8-11-16-13(18-15)12-9(2)10(3)21-14(12)17-11/h5-8,15H2,1-4H3,(H,16,17,18). The molecule has 0 amide bonds. The Labute approximate surface area is 129 Å². The molecule has 0 fully saturated rings. The van der Waals surface area contributed by atoms with E-state index in [0.29, 0.717) is 19.0 Å². The number of fused-ring (bicyclic) bond motifs is 1. The number of ether oxygens (including phenoxy) is 1. The maximum atomic E-state index is 5.64. The van der Waals surface area contributed by atoms with Crippen molar-refractivity contribution in [2.45, 2.75) is 27.3 Å². The minimum atomic E-state index is 0.695. The first-order valence-electron chi connectivity index (χ1n) is 7.05. The second-order valence-corrected chi connectivity index (χ2v) is 6.16. The molecule has 0 aliphatic heterocycles. The number of methoxy groups -OCH3 is 1. The van der Waals surface area contributed by atoms with Gasteiger partial charge in [-0.25, -0.2) is 15.8 Å². The lowest BCUT2D eigenvalue weighted by Crippen LogP contribution is -2.27. The number of nitrogens with one attached hydrogen (secondary N) is 1. The highest BCUT2D eigenvalue weighted by atomic mass is 32.1. The number of aryl methyl sites for hydroxylation is 2. The van der Waals surface area contributed by atoms with Crippen molar-refractivity contribution in [2.75, 3.05) is 32.2 Å². The predicted octanol–water partition coefficient (Wildman–Crippen LogP) is 2.06. The molecule has 0 radical (unpaired) electrons. The lowest BCUT2D eigenvalue weighted by atomic mass is 10.2. The van der Waals surface area contributed by atoms with Crippen LogP contribution in [0.25, 0.3) is 10.2 Å². The lowest BCUT2D eigenvalue weighted by Gasteiger charge is -2.19. The molecule has 2 aromatic rings. The number of hydrazine groups is 1. The van der Waals surface area contributed by atoms with E-state index in [4.69, 9.17) is 15.6 Å². The van der Waals surface area contributed by atoms with E-state index < -0.39 is 0 Å². The van der Waals surface area contributed by atoms with Crippen LogP contribution in [-0.2, 0) is 11.3 Å². The van der Waals surface area contributed by atoms with Gasteiger partial charge in [0.1, 0.15) is 10.7 Å². The quantitative estimate of drug-likeness (QED) is 0.602. The van der Waals surface area contributed by atoms with Crippen LogP contribution in [-0.4, -0.2) is 41.7 Å². The number of anilines is 1. The summed E-state index contributed by atoms with van der Waals surface area (Å²) in [5.41, 5.74) is 3.91. The Hall–Kier alpha value is -1.28. The number of thiophene rings is 1. The Kier molecular flexibility index (Phi) is 5.46. The Bertz CT molecular complexity index is 613. The molecule has 0 aliphatic carbocycles. The number of likely N-dealkylation sites (N-methyl/N-ethyl adjacent to an activating group) is 1. The monoisotopic (exact) mass is 309 g/mol. The van der Waals surface area contributed by atoms with Crippen LogP contribution in [0.4, 0.5) is 5.82 Å². The van der Waals surface area contributed by atoms with Crippen molar-refractivity contribution in [1.29, 1.82) is 0 Å². The third kappa shape index (κ3) is 3.49. The van der Waals surface area contributed by atoms with Crippen LogP contribution in [0.2, 0.25) is 0 Å².